The Kier molecular flexibility index (Phi) is 10.4. The molecule has 2 heterocycles. The lowest BCUT2D eigenvalue weighted by atomic mass is 9.82. The van der Waals surface area contributed by atoms with Crippen LogP contribution in [0.2, 0.25) is 0 Å². The zero-order valence-electron chi connectivity index (χ0n) is 46.9. The summed E-state index contributed by atoms with van der Waals surface area (Å²) in [6, 6.07) is 70.2. The van der Waals surface area contributed by atoms with Crippen molar-refractivity contribution in [3.8, 4) is 34.4 Å². The zero-order chi connectivity index (χ0) is 55.4. The molecule has 14 rings (SSSR count). The molecule has 0 spiro atoms. The van der Waals surface area contributed by atoms with Gasteiger partial charge in [-0.3, -0.25) is 0 Å². The van der Waals surface area contributed by atoms with Gasteiger partial charge in [0.1, 0.15) is 22.3 Å². The molecule has 0 unspecified atom stereocenters. The summed E-state index contributed by atoms with van der Waals surface area (Å²) in [6.45, 7) is 22.6. The monoisotopic (exact) mass is 1040 g/mol. The van der Waals surface area contributed by atoms with E-state index in [1.165, 1.54) is 55.6 Å². The van der Waals surface area contributed by atoms with Gasteiger partial charge >= 0.3 is 0 Å². The molecule has 0 saturated heterocycles. The number of fused-ring (bicyclic) bond motifs is 13. The fourth-order valence-corrected chi connectivity index (χ4v) is 13.2. The zero-order valence-corrected chi connectivity index (χ0v) is 46.9. The standard InChI is InChI=1S/C74H60N4O2/c1-71(2,3)47-19-23-49(24-20-47)77(51-27-29-57-55-15-11-13-17-61(55)73(7,8)63(57)37-51)53-31-45(41-75)69-59-33-43-34-60-66(36-44(43)35-65(59)79-67(69)39-53)80-68-40-54(32-46(42-76)70(60)68)78(50-25-21-48(22-26-50)72(4,5)6)52-28-30-58-56-16-12-14-18-62(56)74(9,10)64(58)38-52/h11-40H,1-10H3. The van der Waals surface area contributed by atoms with Crippen LogP contribution in [0.15, 0.2) is 191 Å². The van der Waals surface area contributed by atoms with E-state index in [0.717, 1.165) is 66.4 Å². The van der Waals surface area contributed by atoms with Crippen molar-refractivity contribution in [3.63, 3.8) is 0 Å². The number of benzene rings is 10. The molecule has 0 amide bonds. The molecule has 388 valence electrons. The smallest absolute Gasteiger partial charge is 0.138 e. The maximum atomic E-state index is 11.1. The summed E-state index contributed by atoms with van der Waals surface area (Å²) in [5, 5.41) is 27.2. The van der Waals surface area contributed by atoms with E-state index in [1.54, 1.807) is 0 Å². The predicted octanol–water partition coefficient (Wildman–Crippen LogP) is 20.5. The molecule has 12 aromatic rings. The first kappa shape index (κ1) is 49.0. The van der Waals surface area contributed by atoms with E-state index in [-0.39, 0.29) is 21.7 Å². The Bertz CT molecular complexity index is 4400. The summed E-state index contributed by atoms with van der Waals surface area (Å²) in [5.41, 5.74) is 21.5. The lowest BCUT2D eigenvalue weighted by Gasteiger charge is -2.29. The second-order valence-electron chi connectivity index (χ2n) is 25.3. The lowest BCUT2D eigenvalue weighted by Crippen LogP contribution is -2.17. The first-order chi connectivity index (χ1) is 38.3. The lowest BCUT2D eigenvalue weighted by molar-refractivity contribution is 0.590. The Morgan fingerprint density at radius 3 is 1.11 bits per heavy atom. The van der Waals surface area contributed by atoms with Crippen LogP contribution in [0.1, 0.15) is 114 Å². The van der Waals surface area contributed by atoms with E-state index in [4.69, 9.17) is 8.83 Å². The number of hydrogen-bond donors (Lipinski definition) is 0. The fraction of sp³-hybridized carbons (Fsp3) is 0.189. The summed E-state index contributed by atoms with van der Waals surface area (Å²) in [7, 11) is 0. The quantitative estimate of drug-likeness (QED) is 0.165. The van der Waals surface area contributed by atoms with E-state index in [2.05, 4.69) is 261 Å². The van der Waals surface area contributed by atoms with E-state index in [0.29, 0.717) is 33.5 Å². The van der Waals surface area contributed by atoms with Crippen LogP contribution < -0.4 is 9.80 Å². The van der Waals surface area contributed by atoms with Crippen molar-refractivity contribution in [3.05, 3.63) is 226 Å². The summed E-state index contributed by atoms with van der Waals surface area (Å²) in [4.78, 5) is 4.50. The third-order valence-corrected chi connectivity index (χ3v) is 17.6. The Morgan fingerprint density at radius 1 is 0.362 bits per heavy atom. The molecule has 10 aromatic carbocycles. The first-order valence-corrected chi connectivity index (χ1v) is 27.7. The Morgan fingerprint density at radius 2 is 0.725 bits per heavy atom. The van der Waals surface area contributed by atoms with Gasteiger partial charge in [0.15, 0.2) is 0 Å². The molecule has 0 bridgehead atoms. The van der Waals surface area contributed by atoms with Crippen LogP contribution in [-0.2, 0) is 21.7 Å². The molecule has 0 aliphatic heterocycles. The molecule has 2 aromatic heterocycles. The van der Waals surface area contributed by atoms with Crippen LogP contribution in [0, 0.1) is 22.7 Å². The molecule has 2 aliphatic carbocycles. The number of nitriles is 2. The largest absolute Gasteiger partial charge is 0.456 e. The second-order valence-corrected chi connectivity index (χ2v) is 25.3. The average molecular weight is 1040 g/mol. The van der Waals surface area contributed by atoms with Gasteiger partial charge in [0, 0.05) is 67.3 Å². The van der Waals surface area contributed by atoms with Gasteiger partial charge in [-0.15, -0.1) is 0 Å². The maximum absolute atomic E-state index is 11.1. The number of rotatable bonds is 6. The first-order valence-electron chi connectivity index (χ1n) is 27.7. The van der Waals surface area contributed by atoms with E-state index in [9.17, 15) is 10.5 Å². The predicted molar refractivity (Wildman–Crippen MR) is 330 cm³/mol. The normalized spacial score (nSPS) is 14.1. The van der Waals surface area contributed by atoms with Gasteiger partial charge in [0.2, 0.25) is 0 Å². The third kappa shape index (κ3) is 7.35. The van der Waals surface area contributed by atoms with Crippen molar-refractivity contribution in [2.24, 2.45) is 0 Å². The van der Waals surface area contributed by atoms with Crippen molar-refractivity contribution in [1.29, 1.82) is 10.5 Å². The molecular weight excluding hydrogens is 977 g/mol. The summed E-state index contributed by atoms with van der Waals surface area (Å²) in [5.74, 6) is 0. The minimum atomic E-state index is -0.200. The maximum Gasteiger partial charge on any atom is 0.138 e. The fourth-order valence-electron chi connectivity index (χ4n) is 13.2. The number of hydrogen-bond acceptors (Lipinski definition) is 6. The molecule has 0 radical (unpaired) electrons. The Labute approximate surface area is 467 Å². The van der Waals surface area contributed by atoms with E-state index >= 15 is 0 Å². The number of anilines is 6. The highest BCUT2D eigenvalue weighted by molar-refractivity contribution is 6.18. The second kappa shape index (κ2) is 17.1. The summed E-state index contributed by atoms with van der Waals surface area (Å²) in [6.07, 6.45) is 0. The van der Waals surface area contributed by atoms with Crippen molar-refractivity contribution in [1.82, 2.24) is 0 Å². The van der Waals surface area contributed by atoms with Gasteiger partial charge < -0.3 is 18.6 Å². The summed E-state index contributed by atoms with van der Waals surface area (Å²) >= 11 is 0. The molecule has 0 atom stereocenters. The van der Waals surface area contributed by atoms with Crippen LogP contribution in [-0.4, -0.2) is 0 Å². The third-order valence-electron chi connectivity index (χ3n) is 17.6. The molecule has 80 heavy (non-hydrogen) atoms. The van der Waals surface area contributed by atoms with Crippen molar-refractivity contribution >= 4 is 88.8 Å². The van der Waals surface area contributed by atoms with Crippen LogP contribution in [0.3, 0.4) is 0 Å². The van der Waals surface area contributed by atoms with Crippen molar-refractivity contribution in [2.75, 3.05) is 9.80 Å². The van der Waals surface area contributed by atoms with Crippen molar-refractivity contribution in [2.45, 2.75) is 90.9 Å². The summed E-state index contributed by atoms with van der Waals surface area (Å²) < 4.78 is 13.7. The van der Waals surface area contributed by atoms with Crippen LogP contribution in [0.25, 0.3) is 76.9 Å². The minimum Gasteiger partial charge on any atom is -0.456 e. The van der Waals surface area contributed by atoms with Crippen LogP contribution >= 0.6 is 0 Å². The van der Waals surface area contributed by atoms with Gasteiger partial charge in [0.05, 0.1) is 34.6 Å². The van der Waals surface area contributed by atoms with Crippen LogP contribution in [0.4, 0.5) is 34.1 Å². The molecule has 6 heteroatoms. The van der Waals surface area contributed by atoms with Gasteiger partial charge in [-0.2, -0.15) is 10.5 Å². The Balaban J connectivity index is 0.896. The molecule has 0 N–H and O–H groups in total. The topological polar surface area (TPSA) is 80.3 Å². The highest BCUT2D eigenvalue weighted by atomic mass is 16.3. The molecule has 0 fully saturated rings. The Hall–Kier alpha value is -9.36. The number of nitrogens with zero attached hydrogens (tertiary/aromatic N) is 4. The average Bonchev–Trinajstić information content (AvgIpc) is 4.19. The molecule has 2 aliphatic rings. The van der Waals surface area contributed by atoms with E-state index in [1.807, 2.05) is 12.1 Å². The van der Waals surface area contributed by atoms with Gasteiger partial charge in [-0.1, -0.05) is 154 Å². The van der Waals surface area contributed by atoms with Crippen LogP contribution in [0.5, 0.6) is 0 Å². The SMILES string of the molecule is CC(C)(C)c1ccc(N(c2ccc3c(c2)C(C)(C)c2ccccc2-3)c2cc(C#N)c3c(c2)oc2cc4cc5oc6cc(N(c7ccc(C(C)(C)C)cc7)c7ccc8c(c7)C(C)(C)c7ccccc7-8)cc(C#N)c6c5cc4cc23)cc1. The molecule has 6 nitrogen and oxygen atoms in total. The van der Waals surface area contributed by atoms with Gasteiger partial charge in [-0.25, -0.2) is 0 Å². The highest BCUT2D eigenvalue weighted by Crippen LogP contribution is 2.53. The minimum absolute atomic E-state index is 0.0218. The molecular formula is C74H60N4O2. The number of furan rings is 2. The molecule has 0 saturated carbocycles. The van der Waals surface area contributed by atoms with Crippen molar-refractivity contribution < 1.29 is 8.83 Å². The van der Waals surface area contributed by atoms with Gasteiger partial charge in [-0.05, 0) is 162 Å². The van der Waals surface area contributed by atoms with E-state index < -0.39 is 0 Å². The van der Waals surface area contributed by atoms with Gasteiger partial charge in [0.25, 0.3) is 0 Å². The highest BCUT2D eigenvalue weighted by Gasteiger charge is 2.38.